The summed E-state index contributed by atoms with van der Waals surface area (Å²) in [6.07, 6.45) is 2.57. The van der Waals surface area contributed by atoms with E-state index in [9.17, 15) is 4.79 Å². The molecule has 0 aliphatic heterocycles. The molecule has 4 heteroatoms. The Hall–Kier alpha value is -1.39. The predicted octanol–water partition coefficient (Wildman–Crippen LogP) is 1.22. The topological polar surface area (TPSA) is 64.3 Å². The van der Waals surface area contributed by atoms with Crippen LogP contribution in [-0.4, -0.2) is 12.5 Å². The summed E-state index contributed by atoms with van der Waals surface area (Å²) in [6, 6.07) is 7.31. The standard InChI is InChI=1S/C12H16N2O2/c13-14-12(15)11-3-1-2-10(6-11)8-16-7-9-4-5-9/h1-3,6,9H,4-5,7-8,13H2,(H,14,15). The van der Waals surface area contributed by atoms with E-state index < -0.39 is 0 Å². The Morgan fingerprint density at radius 2 is 2.31 bits per heavy atom. The number of benzene rings is 1. The molecule has 1 amide bonds. The van der Waals surface area contributed by atoms with Gasteiger partial charge in [-0.3, -0.25) is 10.2 Å². The van der Waals surface area contributed by atoms with Crippen LogP contribution in [0.2, 0.25) is 0 Å². The number of nitrogens with one attached hydrogen (secondary N) is 1. The van der Waals surface area contributed by atoms with E-state index in [0.29, 0.717) is 12.2 Å². The number of hydrogen-bond donors (Lipinski definition) is 2. The van der Waals surface area contributed by atoms with E-state index in [1.807, 2.05) is 12.1 Å². The maximum Gasteiger partial charge on any atom is 0.265 e. The third kappa shape index (κ3) is 3.05. The second-order valence-corrected chi connectivity index (χ2v) is 4.13. The maximum absolute atomic E-state index is 11.3. The zero-order valence-electron chi connectivity index (χ0n) is 9.11. The smallest absolute Gasteiger partial charge is 0.265 e. The van der Waals surface area contributed by atoms with Gasteiger partial charge in [0.15, 0.2) is 0 Å². The van der Waals surface area contributed by atoms with Crippen LogP contribution in [0.5, 0.6) is 0 Å². The number of nitrogens with two attached hydrogens (primary N) is 1. The number of nitrogen functional groups attached to an aromatic ring is 1. The molecule has 1 aliphatic rings. The van der Waals surface area contributed by atoms with Crippen LogP contribution in [0.4, 0.5) is 0 Å². The maximum atomic E-state index is 11.3. The lowest BCUT2D eigenvalue weighted by molar-refractivity contribution is 0.0952. The third-order valence-corrected chi connectivity index (χ3v) is 2.64. The van der Waals surface area contributed by atoms with Crippen molar-refractivity contribution < 1.29 is 9.53 Å². The molecule has 1 saturated carbocycles. The molecule has 0 heterocycles. The quantitative estimate of drug-likeness (QED) is 0.445. The average molecular weight is 220 g/mol. The Bertz CT molecular complexity index is 375. The van der Waals surface area contributed by atoms with E-state index in [-0.39, 0.29) is 5.91 Å². The normalized spacial score (nSPS) is 14.8. The molecule has 1 fully saturated rings. The molecule has 4 nitrogen and oxygen atoms in total. The number of carbonyl (C=O) groups excluding carboxylic acids is 1. The molecule has 3 N–H and O–H groups in total. The van der Waals surface area contributed by atoms with Gasteiger partial charge in [-0.1, -0.05) is 12.1 Å². The minimum absolute atomic E-state index is 0.274. The first-order valence-electron chi connectivity index (χ1n) is 5.47. The van der Waals surface area contributed by atoms with Crippen molar-refractivity contribution in [2.45, 2.75) is 19.4 Å². The summed E-state index contributed by atoms with van der Waals surface area (Å²) in [5.41, 5.74) is 3.68. The molecule has 16 heavy (non-hydrogen) atoms. The minimum Gasteiger partial charge on any atom is -0.376 e. The second-order valence-electron chi connectivity index (χ2n) is 4.13. The molecular weight excluding hydrogens is 204 g/mol. The van der Waals surface area contributed by atoms with Crippen LogP contribution < -0.4 is 11.3 Å². The van der Waals surface area contributed by atoms with Gasteiger partial charge in [-0.05, 0) is 36.5 Å². The molecule has 86 valence electrons. The first-order chi connectivity index (χ1) is 7.79. The molecule has 0 aromatic heterocycles. The lowest BCUT2D eigenvalue weighted by Gasteiger charge is -2.05. The first kappa shape index (κ1) is 11.1. The van der Waals surface area contributed by atoms with Crippen molar-refractivity contribution >= 4 is 5.91 Å². The minimum atomic E-state index is -0.274. The molecular formula is C12H16N2O2. The molecule has 0 bridgehead atoms. The summed E-state index contributed by atoms with van der Waals surface area (Å²) in [7, 11) is 0. The van der Waals surface area contributed by atoms with Gasteiger partial charge in [0.1, 0.15) is 0 Å². The Labute approximate surface area is 94.8 Å². The van der Waals surface area contributed by atoms with Gasteiger partial charge in [0.2, 0.25) is 0 Å². The summed E-state index contributed by atoms with van der Waals surface area (Å²) >= 11 is 0. The van der Waals surface area contributed by atoms with Crippen LogP contribution >= 0.6 is 0 Å². The van der Waals surface area contributed by atoms with Crippen LogP contribution in [0, 0.1) is 5.92 Å². The van der Waals surface area contributed by atoms with Crippen LogP contribution in [0.1, 0.15) is 28.8 Å². The summed E-state index contributed by atoms with van der Waals surface area (Å²) < 4.78 is 5.55. The van der Waals surface area contributed by atoms with E-state index in [1.54, 1.807) is 12.1 Å². The van der Waals surface area contributed by atoms with Gasteiger partial charge < -0.3 is 4.74 Å². The van der Waals surface area contributed by atoms with Gasteiger partial charge in [-0.25, -0.2) is 5.84 Å². The summed E-state index contributed by atoms with van der Waals surface area (Å²) in [5.74, 6) is 5.56. The lowest BCUT2D eigenvalue weighted by Crippen LogP contribution is -2.29. The number of carbonyl (C=O) groups is 1. The van der Waals surface area contributed by atoms with Crippen molar-refractivity contribution in [1.82, 2.24) is 5.43 Å². The van der Waals surface area contributed by atoms with Gasteiger partial charge in [0.05, 0.1) is 6.61 Å². The second kappa shape index (κ2) is 5.09. The van der Waals surface area contributed by atoms with Gasteiger partial charge in [-0.2, -0.15) is 0 Å². The summed E-state index contributed by atoms with van der Waals surface area (Å²) in [4.78, 5) is 11.3. The average Bonchev–Trinajstić information content (AvgIpc) is 3.12. The van der Waals surface area contributed by atoms with Gasteiger partial charge in [0.25, 0.3) is 5.91 Å². The van der Waals surface area contributed by atoms with Crippen LogP contribution in [0.3, 0.4) is 0 Å². The van der Waals surface area contributed by atoms with Crippen molar-refractivity contribution in [3.63, 3.8) is 0 Å². The van der Waals surface area contributed by atoms with Gasteiger partial charge in [-0.15, -0.1) is 0 Å². The fraction of sp³-hybridized carbons (Fsp3) is 0.417. The number of rotatable bonds is 5. The molecule has 1 aromatic rings. The van der Waals surface area contributed by atoms with E-state index in [0.717, 1.165) is 18.1 Å². The Morgan fingerprint density at radius 1 is 1.50 bits per heavy atom. The largest absolute Gasteiger partial charge is 0.376 e. The van der Waals surface area contributed by atoms with E-state index in [1.165, 1.54) is 12.8 Å². The van der Waals surface area contributed by atoms with Crippen LogP contribution in [-0.2, 0) is 11.3 Å². The predicted molar refractivity (Wildman–Crippen MR) is 60.5 cm³/mol. The summed E-state index contributed by atoms with van der Waals surface area (Å²) in [6.45, 7) is 1.38. The third-order valence-electron chi connectivity index (χ3n) is 2.64. The first-order valence-corrected chi connectivity index (χ1v) is 5.47. The molecule has 0 atom stereocenters. The number of hydrogen-bond acceptors (Lipinski definition) is 3. The zero-order chi connectivity index (χ0) is 11.4. The molecule has 1 aromatic carbocycles. The van der Waals surface area contributed by atoms with Crippen molar-refractivity contribution in [2.75, 3.05) is 6.61 Å². The highest BCUT2D eigenvalue weighted by atomic mass is 16.5. The van der Waals surface area contributed by atoms with Crippen molar-refractivity contribution in [2.24, 2.45) is 11.8 Å². The Balaban J connectivity index is 1.89. The molecule has 0 saturated heterocycles. The van der Waals surface area contributed by atoms with E-state index >= 15 is 0 Å². The molecule has 1 aliphatic carbocycles. The lowest BCUT2D eigenvalue weighted by atomic mass is 10.1. The fourth-order valence-electron chi connectivity index (χ4n) is 1.51. The number of ether oxygens (including phenoxy) is 1. The SMILES string of the molecule is NNC(=O)c1cccc(COCC2CC2)c1. The number of hydrazine groups is 1. The zero-order valence-corrected chi connectivity index (χ0v) is 9.11. The highest BCUT2D eigenvalue weighted by molar-refractivity contribution is 5.93. The van der Waals surface area contributed by atoms with Crippen LogP contribution in [0.15, 0.2) is 24.3 Å². The Morgan fingerprint density at radius 3 is 3.00 bits per heavy atom. The monoisotopic (exact) mass is 220 g/mol. The van der Waals surface area contributed by atoms with Crippen LogP contribution in [0.25, 0.3) is 0 Å². The summed E-state index contributed by atoms with van der Waals surface area (Å²) in [5, 5.41) is 0. The highest BCUT2D eigenvalue weighted by Crippen LogP contribution is 2.29. The fourth-order valence-corrected chi connectivity index (χ4v) is 1.51. The molecule has 0 radical (unpaired) electrons. The van der Waals surface area contributed by atoms with E-state index in [4.69, 9.17) is 10.6 Å². The van der Waals surface area contributed by atoms with Gasteiger partial charge in [0, 0.05) is 12.2 Å². The van der Waals surface area contributed by atoms with Crippen molar-refractivity contribution in [3.05, 3.63) is 35.4 Å². The number of amides is 1. The molecule has 0 spiro atoms. The van der Waals surface area contributed by atoms with Crippen molar-refractivity contribution in [1.29, 1.82) is 0 Å². The Kier molecular flexibility index (Phi) is 3.54. The molecule has 0 unspecified atom stereocenters. The molecule has 2 rings (SSSR count). The van der Waals surface area contributed by atoms with Gasteiger partial charge >= 0.3 is 0 Å². The van der Waals surface area contributed by atoms with E-state index in [2.05, 4.69) is 5.43 Å². The van der Waals surface area contributed by atoms with Crippen molar-refractivity contribution in [3.8, 4) is 0 Å². The highest BCUT2D eigenvalue weighted by Gasteiger charge is 2.21.